The number of hydrogen-bond donors (Lipinski definition) is 0. The lowest BCUT2D eigenvalue weighted by molar-refractivity contribution is 0.481. The van der Waals surface area contributed by atoms with Gasteiger partial charge >= 0.3 is 0 Å². The van der Waals surface area contributed by atoms with E-state index in [1.165, 1.54) is 27.5 Å². The van der Waals surface area contributed by atoms with Crippen LogP contribution in [0.2, 0.25) is 0 Å². The first kappa shape index (κ1) is 27.2. The van der Waals surface area contributed by atoms with Crippen molar-refractivity contribution in [2.24, 2.45) is 0 Å². The van der Waals surface area contributed by atoms with E-state index in [2.05, 4.69) is 97.1 Å². The summed E-state index contributed by atoms with van der Waals surface area (Å²) >= 11 is 0. The van der Waals surface area contributed by atoms with Gasteiger partial charge < -0.3 is 4.42 Å². The Morgan fingerprint density at radius 1 is 0.605 bits per heavy atom. The zero-order chi connectivity index (χ0) is 24.3. The maximum Gasteiger partial charge on any atom is 0.192 e. The van der Waals surface area contributed by atoms with E-state index in [9.17, 15) is 4.79 Å². The third kappa shape index (κ3) is 5.38. The van der Waals surface area contributed by atoms with Crippen molar-refractivity contribution in [3.8, 4) is 0 Å². The highest BCUT2D eigenvalue weighted by Crippen LogP contribution is 2.47. The fourth-order valence-electron chi connectivity index (χ4n) is 5.37. The maximum absolute atomic E-state index is 12.7. The van der Waals surface area contributed by atoms with Gasteiger partial charge in [-0.05, 0) is 46.0 Å². The zero-order valence-corrected chi connectivity index (χ0v) is 22.3. The number of halogens is 2. The first-order valence-corrected chi connectivity index (χ1v) is 12.4. The summed E-state index contributed by atoms with van der Waals surface area (Å²) in [5.41, 5.74) is 4.57. The lowest BCUT2D eigenvalue weighted by Crippen LogP contribution is -2.11. The molecule has 1 aliphatic carbocycles. The van der Waals surface area contributed by atoms with Crippen LogP contribution in [0.15, 0.2) is 143 Å². The molecule has 1 aromatic heterocycles. The minimum atomic E-state index is 0. The molecular formula is C34H28Cl2O2. The lowest BCUT2D eigenvalue weighted by atomic mass is 9.84. The molecular weight excluding hydrogens is 511 g/mol. The highest BCUT2D eigenvalue weighted by Gasteiger charge is 2.36. The van der Waals surface area contributed by atoms with Gasteiger partial charge in [0.25, 0.3) is 0 Å². The van der Waals surface area contributed by atoms with Crippen LogP contribution in [0.3, 0.4) is 0 Å². The number of rotatable bonds is 2. The fraction of sp³-hybridized carbons (Fsp3) is 0.0882. The number of hydrogen-bond acceptors (Lipinski definition) is 2. The number of fused-ring (bicyclic) bond motifs is 3. The summed E-state index contributed by atoms with van der Waals surface area (Å²) in [6.45, 7) is 0. The lowest BCUT2D eigenvalue weighted by Gasteiger charge is -2.20. The predicted octanol–water partition coefficient (Wildman–Crippen LogP) is 8.95. The Bertz CT molecular complexity index is 1640. The summed E-state index contributed by atoms with van der Waals surface area (Å²) in [6, 6.07) is 44.9. The van der Waals surface area contributed by atoms with Crippen molar-refractivity contribution in [3.05, 3.63) is 166 Å². The molecule has 38 heavy (non-hydrogen) atoms. The van der Waals surface area contributed by atoms with Crippen LogP contribution < -0.4 is 5.43 Å². The molecule has 0 fully saturated rings. The zero-order valence-electron chi connectivity index (χ0n) is 20.7. The summed E-state index contributed by atoms with van der Waals surface area (Å²) in [6.07, 6.45) is 0.960. The van der Waals surface area contributed by atoms with Crippen LogP contribution in [0.5, 0.6) is 0 Å². The van der Waals surface area contributed by atoms with Crippen molar-refractivity contribution in [2.75, 3.05) is 0 Å². The third-order valence-corrected chi connectivity index (χ3v) is 7.08. The van der Waals surface area contributed by atoms with E-state index in [1.807, 2.05) is 30.3 Å². The molecule has 5 aromatic carbocycles. The van der Waals surface area contributed by atoms with Gasteiger partial charge in [-0.3, -0.25) is 4.79 Å². The molecule has 190 valence electrons. The van der Waals surface area contributed by atoms with E-state index in [-0.39, 0.29) is 42.1 Å². The normalized spacial score (nSPS) is 15.5. The summed E-state index contributed by atoms with van der Waals surface area (Å²) in [5, 5.41) is 3.26. The van der Waals surface area contributed by atoms with Gasteiger partial charge in [0.15, 0.2) is 5.43 Å². The van der Waals surface area contributed by atoms with Gasteiger partial charge in [0.05, 0.1) is 5.39 Å². The average Bonchev–Trinajstić information content (AvgIpc) is 3.34. The van der Waals surface area contributed by atoms with Gasteiger partial charge in [-0.2, -0.15) is 0 Å². The molecule has 2 unspecified atom stereocenters. The summed E-state index contributed by atoms with van der Waals surface area (Å²) in [7, 11) is 0. The summed E-state index contributed by atoms with van der Waals surface area (Å²) < 4.78 is 6.24. The monoisotopic (exact) mass is 538 g/mol. The van der Waals surface area contributed by atoms with Gasteiger partial charge in [-0.15, -0.1) is 24.8 Å². The van der Waals surface area contributed by atoms with Crippen LogP contribution in [-0.2, 0) is 6.42 Å². The minimum Gasteiger partial charge on any atom is -0.460 e. The highest BCUT2D eigenvalue weighted by atomic mass is 35.5. The van der Waals surface area contributed by atoms with Gasteiger partial charge in [0.1, 0.15) is 11.3 Å². The van der Waals surface area contributed by atoms with Crippen LogP contribution in [0.25, 0.3) is 21.7 Å². The Morgan fingerprint density at radius 2 is 1.16 bits per heavy atom. The second-order valence-corrected chi connectivity index (χ2v) is 9.25. The average molecular weight is 540 g/mol. The van der Waals surface area contributed by atoms with E-state index >= 15 is 0 Å². The molecule has 7 rings (SSSR count). The van der Waals surface area contributed by atoms with Gasteiger partial charge in [-0.25, -0.2) is 0 Å². The third-order valence-electron chi connectivity index (χ3n) is 7.08. The van der Waals surface area contributed by atoms with E-state index in [1.54, 1.807) is 6.07 Å². The van der Waals surface area contributed by atoms with Gasteiger partial charge in [0.2, 0.25) is 0 Å². The molecule has 0 N–H and O–H groups in total. The van der Waals surface area contributed by atoms with Crippen molar-refractivity contribution in [1.29, 1.82) is 0 Å². The van der Waals surface area contributed by atoms with Crippen LogP contribution >= 0.6 is 24.8 Å². The molecule has 6 aromatic rings. The number of benzene rings is 5. The van der Waals surface area contributed by atoms with E-state index in [0.29, 0.717) is 11.0 Å². The quantitative estimate of drug-likeness (QED) is 0.220. The molecule has 0 saturated heterocycles. The Labute approximate surface area is 234 Å². The van der Waals surface area contributed by atoms with Crippen LogP contribution in [-0.4, -0.2) is 0 Å². The minimum absolute atomic E-state index is 0. The predicted molar refractivity (Wildman–Crippen MR) is 162 cm³/mol. The second-order valence-electron chi connectivity index (χ2n) is 9.25. The smallest absolute Gasteiger partial charge is 0.192 e. The molecule has 4 heteroatoms. The van der Waals surface area contributed by atoms with Gasteiger partial charge in [-0.1, -0.05) is 115 Å². The van der Waals surface area contributed by atoms with E-state index < -0.39 is 0 Å². The molecule has 2 nitrogen and oxygen atoms in total. The second kappa shape index (κ2) is 12.1. The van der Waals surface area contributed by atoms with Crippen molar-refractivity contribution in [2.45, 2.75) is 18.3 Å². The summed E-state index contributed by atoms with van der Waals surface area (Å²) in [4.78, 5) is 12.7. The van der Waals surface area contributed by atoms with Crippen molar-refractivity contribution in [3.63, 3.8) is 0 Å². The van der Waals surface area contributed by atoms with Crippen molar-refractivity contribution >= 4 is 46.6 Å². The Kier molecular flexibility index (Phi) is 8.68. The Hall–Kier alpha value is -3.85. The highest BCUT2D eigenvalue weighted by molar-refractivity contribution is 5.85. The van der Waals surface area contributed by atoms with Crippen LogP contribution in [0.1, 0.15) is 34.3 Å². The number of para-hydroxylation sites is 1. The molecule has 0 radical (unpaired) electrons. The van der Waals surface area contributed by atoms with Crippen molar-refractivity contribution < 1.29 is 4.42 Å². The molecule has 1 heterocycles. The molecule has 1 aliphatic rings. The van der Waals surface area contributed by atoms with E-state index in [0.717, 1.165) is 12.2 Å². The SMILES string of the molecule is Cl.Cl.O=c1cc(C2c3ccccc3CC2c2ccccc2)oc2ccccc12.c1ccc2ccccc2c1. The largest absolute Gasteiger partial charge is 0.460 e. The first-order chi connectivity index (χ1) is 17.8. The molecule has 0 bridgehead atoms. The topological polar surface area (TPSA) is 30.2 Å². The van der Waals surface area contributed by atoms with E-state index in [4.69, 9.17) is 4.42 Å². The fourth-order valence-corrected chi connectivity index (χ4v) is 5.37. The first-order valence-electron chi connectivity index (χ1n) is 12.4. The standard InChI is InChI=1S/C24H18O2.C10H8.2ClH/c25-21-15-23(26-22-13-7-6-12-19(21)22)24-18-11-5-4-10-17(18)14-20(24)16-8-2-1-3-9-16;1-2-6-10-8-4-3-7-9(10)5-1;;/h1-13,15,20,24H,14H2;1-8H;2*1H. The summed E-state index contributed by atoms with van der Waals surface area (Å²) in [5.74, 6) is 1.09. The molecule has 0 aliphatic heterocycles. The Balaban J connectivity index is 0.000000237. The van der Waals surface area contributed by atoms with Crippen LogP contribution in [0, 0.1) is 0 Å². The molecule has 0 saturated carbocycles. The Morgan fingerprint density at radius 3 is 1.84 bits per heavy atom. The molecule has 2 atom stereocenters. The maximum atomic E-state index is 12.7. The van der Waals surface area contributed by atoms with Crippen LogP contribution in [0.4, 0.5) is 0 Å². The molecule has 0 spiro atoms. The molecule has 0 amide bonds. The van der Waals surface area contributed by atoms with Gasteiger partial charge in [0, 0.05) is 17.9 Å². The van der Waals surface area contributed by atoms with Crippen molar-refractivity contribution in [1.82, 2.24) is 0 Å².